The Kier molecular flexibility index (Phi) is 14.6. The number of esters is 4. The first kappa shape index (κ1) is 38.0. The van der Waals surface area contributed by atoms with Crippen LogP contribution in [0.15, 0.2) is 121 Å². The minimum Gasteiger partial charge on any atom is -0.464 e. The third kappa shape index (κ3) is 11.1. The van der Waals surface area contributed by atoms with Crippen molar-refractivity contribution in [2.24, 2.45) is 5.41 Å². The van der Waals surface area contributed by atoms with Crippen LogP contribution in [-0.4, -0.2) is 50.3 Å². The highest BCUT2D eigenvalue weighted by atomic mass is 32.1. The molecule has 0 amide bonds. The third-order valence-corrected chi connectivity index (χ3v) is 9.47. The van der Waals surface area contributed by atoms with E-state index in [1.807, 2.05) is 0 Å². The highest BCUT2D eigenvalue weighted by molar-refractivity contribution is 7.82. The Bertz CT molecular complexity index is 1410. The first-order valence-electron chi connectivity index (χ1n) is 15.2. The Morgan fingerprint density at radius 2 is 0.571 bits per heavy atom. The summed E-state index contributed by atoms with van der Waals surface area (Å²) in [7, 11) is 0. The number of hydrogen-bond acceptors (Lipinski definition) is 12. The van der Waals surface area contributed by atoms with Crippen LogP contribution in [0.25, 0.3) is 0 Å². The van der Waals surface area contributed by atoms with Crippen molar-refractivity contribution >= 4 is 74.4 Å². The summed E-state index contributed by atoms with van der Waals surface area (Å²) in [6, 6.07) is 35.1. The van der Waals surface area contributed by atoms with E-state index in [1.165, 1.54) is 0 Å². The van der Waals surface area contributed by atoms with Gasteiger partial charge < -0.3 is 18.9 Å². The van der Waals surface area contributed by atoms with Crippen LogP contribution >= 0.6 is 50.5 Å². The van der Waals surface area contributed by atoms with E-state index in [4.69, 9.17) is 18.9 Å². The molecule has 4 aromatic rings. The van der Waals surface area contributed by atoms with Crippen molar-refractivity contribution in [2.45, 2.75) is 21.0 Å². The predicted octanol–water partition coefficient (Wildman–Crippen LogP) is 6.83. The fourth-order valence-electron chi connectivity index (χ4n) is 4.55. The lowest BCUT2D eigenvalue weighted by Gasteiger charge is -2.33. The van der Waals surface area contributed by atoms with Crippen LogP contribution in [0.4, 0.5) is 0 Å². The molecule has 8 nitrogen and oxygen atoms in total. The van der Waals surface area contributed by atoms with Crippen LogP contribution in [0, 0.1) is 5.41 Å². The van der Waals surface area contributed by atoms with Gasteiger partial charge in [0, 0.05) is 0 Å². The summed E-state index contributed by atoms with van der Waals surface area (Å²) in [5.41, 5.74) is 0.807. The molecule has 256 valence electrons. The van der Waals surface area contributed by atoms with Gasteiger partial charge in [-0.3, -0.25) is 19.2 Å². The van der Waals surface area contributed by atoms with Gasteiger partial charge in [0.2, 0.25) is 0 Å². The standard InChI is InChI=1S/C37H36O8S4/c38-33(29(46)25-13-5-1-6-14-25)42-21-37(22-43-34(39)30(47)26-15-7-2-8-16-26,23-44-35(40)31(48)27-17-9-3-10-18-27)24-45-36(41)32(49)28-19-11-4-12-20-28/h1-20,29-32,46-49H,21-24H2. The minimum absolute atomic E-state index is 0.475. The van der Waals surface area contributed by atoms with E-state index in [2.05, 4.69) is 50.5 Å². The number of ether oxygens (including phenoxy) is 4. The van der Waals surface area contributed by atoms with Crippen molar-refractivity contribution in [1.82, 2.24) is 0 Å². The van der Waals surface area contributed by atoms with E-state index in [-0.39, 0.29) is 0 Å². The van der Waals surface area contributed by atoms with Crippen molar-refractivity contribution in [3.05, 3.63) is 144 Å². The predicted molar refractivity (Wildman–Crippen MR) is 199 cm³/mol. The third-order valence-electron chi connectivity index (χ3n) is 7.44. The molecule has 0 aliphatic rings. The highest BCUT2D eigenvalue weighted by Gasteiger charge is 2.40. The number of hydrogen-bond donors (Lipinski definition) is 4. The smallest absolute Gasteiger partial charge is 0.323 e. The molecule has 0 aromatic heterocycles. The molecule has 0 N–H and O–H groups in total. The lowest BCUT2D eigenvalue weighted by molar-refractivity contribution is -0.170. The van der Waals surface area contributed by atoms with Crippen molar-refractivity contribution in [3.8, 4) is 0 Å². The van der Waals surface area contributed by atoms with Crippen LogP contribution in [0.3, 0.4) is 0 Å². The molecule has 4 rings (SSSR count). The maximum atomic E-state index is 13.2. The number of thiol groups is 4. The largest absolute Gasteiger partial charge is 0.464 e. The lowest BCUT2D eigenvalue weighted by Crippen LogP contribution is -2.44. The molecule has 0 aliphatic carbocycles. The second-order valence-corrected chi connectivity index (χ2v) is 13.2. The molecule has 0 saturated carbocycles. The number of carbonyl (C=O) groups is 4. The summed E-state index contributed by atoms with van der Waals surface area (Å²) >= 11 is 17.8. The summed E-state index contributed by atoms with van der Waals surface area (Å²) in [5, 5.41) is -3.81. The molecule has 4 aromatic carbocycles. The Balaban J connectivity index is 1.60. The molecule has 49 heavy (non-hydrogen) atoms. The van der Waals surface area contributed by atoms with Crippen molar-refractivity contribution < 1.29 is 38.1 Å². The van der Waals surface area contributed by atoms with Crippen molar-refractivity contribution in [3.63, 3.8) is 0 Å². The number of benzene rings is 4. The molecular weight excluding hydrogens is 701 g/mol. The Morgan fingerprint density at radius 3 is 0.755 bits per heavy atom. The van der Waals surface area contributed by atoms with Crippen molar-refractivity contribution in [2.75, 3.05) is 26.4 Å². The molecule has 12 heteroatoms. The summed E-state index contributed by atoms with van der Waals surface area (Å²) in [5.74, 6) is -2.86. The first-order valence-corrected chi connectivity index (χ1v) is 17.3. The van der Waals surface area contributed by atoms with Gasteiger partial charge in [-0.1, -0.05) is 121 Å². The first-order chi connectivity index (χ1) is 23.6. The van der Waals surface area contributed by atoms with Gasteiger partial charge in [-0.2, -0.15) is 50.5 Å². The summed E-state index contributed by atoms with van der Waals surface area (Å²) in [4.78, 5) is 52.9. The van der Waals surface area contributed by atoms with E-state index in [9.17, 15) is 19.2 Å². The van der Waals surface area contributed by atoms with Crippen LogP contribution in [0.2, 0.25) is 0 Å². The van der Waals surface area contributed by atoms with Gasteiger partial charge in [0.1, 0.15) is 52.8 Å². The van der Waals surface area contributed by atoms with E-state index in [0.29, 0.717) is 22.3 Å². The fraction of sp³-hybridized carbons (Fsp3) is 0.243. The van der Waals surface area contributed by atoms with E-state index < -0.39 is 76.7 Å². The monoisotopic (exact) mass is 736 g/mol. The Morgan fingerprint density at radius 1 is 0.388 bits per heavy atom. The van der Waals surface area contributed by atoms with Crippen LogP contribution < -0.4 is 0 Å². The summed E-state index contributed by atoms with van der Waals surface area (Å²) < 4.78 is 22.8. The van der Waals surface area contributed by atoms with E-state index >= 15 is 0 Å². The zero-order valence-corrected chi connectivity index (χ0v) is 29.8. The van der Waals surface area contributed by atoms with Gasteiger partial charge in [0.15, 0.2) is 0 Å². The molecule has 0 saturated heterocycles. The molecule has 0 radical (unpaired) electrons. The normalized spacial score (nSPS) is 14.6. The van der Waals surface area contributed by atoms with Gasteiger partial charge in [0.05, 0.1) is 0 Å². The summed E-state index contributed by atoms with van der Waals surface area (Å²) in [6.45, 7) is -1.90. The summed E-state index contributed by atoms with van der Waals surface area (Å²) in [6.07, 6.45) is 0. The molecule has 0 aliphatic heterocycles. The van der Waals surface area contributed by atoms with Gasteiger partial charge in [-0.15, -0.1) is 0 Å². The second kappa shape index (κ2) is 18.8. The topological polar surface area (TPSA) is 105 Å². The number of carbonyl (C=O) groups excluding carboxylic acids is 4. The SMILES string of the molecule is O=C(OCC(COC(=O)C(S)c1ccccc1)(COC(=O)C(S)c1ccccc1)COC(=O)C(S)c1ccccc1)C(S)c1ccccc1. The second-order valence-electron chi connectivity index (χ2n) is 11.2. The molecule has 0 fully saturated rings. The van der Waals surface area contributed by atoms with Crippen LogP contribution in [-0.2, 0) is 38.1 Å². The molecule has 0 bridgehead atoms. The zero-order chi connectivity index (χ0) is 35.2. The molecule has 0 spiro atoms. The van der Waals surface area contributed by atoms with Crippen LogP contribution in [0.5, 0.6) is 0 Å². The average Bonchev–Trinajstić information content (AvgIpc) is 3.16. The lowest BCUT2D eigenvalue weighted by atomic mass is 9.92. The minimum atomic E-state index is -1.56. The molecular formula is C37H36O8S4. The number of rotatable bonds is 16. The van der Waals surface area contributed by atoms with Gasteiger partial charge in [0.25, 0.3) is 0 Å². The Hall–Kier alpha value is -3.84. The molecule has 4 unspecified atom stereocenters. The quantitative estimate of drug-likeness (QED) is 0.0564. The average molecular weight is 737 g/mol. The maximum absolute atomic E-state index is 13.2. The maximum Gasteiger partial charge on any atom is 0.323 e. The van der Waals surface area contributed by atoms with E-state index in [0.717, 1.165) is 0 Å². The van der Waals surface area contributed by atoms with Crippen LogP contribution in [0.1, 0.15) is 43.3 Å². The van der Waals surface area contributed by atoms with Gasteiger partial charge in [-0.25, -0.2) is 0 Å². The fourth-order valence-corrected chi connectivity index (χ4v) is 5.53. The highest BCUT2D eigenvalue weighted by Crippen LogP contribution is 2.30. The van der Waals surface area contributed by atoms with Gasteiger partial charge >= 0.3 is 23.9 Å². The molecule has 4 atom stereocenters. The van der Waals surface area contributed by atoms with E-state index in [1.54, 1.807) is 121 Å². The zero-order valence-electron chi connectivity index (χ0n) is 26.2. The Labute approximate surface area is 307 Å². The van der Waals surface area contributed by atoms with Crippen molar-refractivity contribution in [1.29, 1.82) is 0 Å². The molecule has 0 heterocycles. The van der Waals surface area contributed by atoms with Gasteiger partial charge in [-0.05, 0) is 22.3 Å².